The van der Waals surface area contributed by atoms with E-state index >= 15 is 0 Å². The molecule has 0 aromatic heterocycles. The molecule has 2 aliphatic heterocycles. The lowest BCUT2D eigenvalue weighted by atomic mass is 9.89. The van der Waals surface area contributed by atoms with Gasteiger partial charge in [-0.25, -0.2) is 0 Å². The second-order valence-corrected chi connectivity index (χ2v) is 8.37. The van der Waals surface area contributed by atoms with E-state index in [2.05, 4.69) is 0 Å². The van der Waals surface area contributed by atoms with Crippen molar-refractivity contribution in [2.75, 3.05) is 13.1 Å². The Kier molecular flexibility index (Phi) is 5.77. The van der Waals surface area contributed by atoms with Gasteiger partial charge in [-0.2, -0.15) is 0 Å². The zero-order chi connectivity index (χ0) is 21.3. The Labute approximate surface area is 180 Å². The Morgan fingerprint density at radius 1 is 0.933 bits per heavy atom. The number of primary amides is 1. The predicted octanol–water partition coefficient (Wildman–Crippen LogP) is 2.63. The van der Waals surface area contributed by atoms with Crippen LogP contribution < -0.4 is 5.73 Å². The lowest BCUT2D eigenvalue weighted by Gasteiger charge is -2.39. The summed E-state index contributed by atoms with van der Waals surface area (Å²) in [6.45, 7) is 1.40. The van der Waals surface area contributed by atoms with Gasteiger partial charge in [-0.15, -0.1) is 0 Å². The van der Waals surface area contributed by atoms with E-state index in [0.29, 0.717) is 49.5 Å². The second kappa shape index (κ2) is 8.48. The summed E-state index contributed by atoms with van der Waals surface area (Å²) in [5.41, 5.74) is 8.33. The average molecular weight is 426 g/mol. The topological polar surface area (TPSA) is 83.7 Å². The highest BCUT2D eigenvalue weighted by Gasteiger charge is 2.37. The minimum absolute atomic E-state index is 0.0492. The van der Waals surface area contributed by atoms with Gasteiger partial charge in [-0.05, 0) is 48.2 Å². The van der Waals surface area contributed by atoms with Crippen molar-refractivity contribution in [3.05, 3.63) is 70.2 Å². The second-order valence-electron chi connectivity index (χ2n) is 7.93. The first kappa shape index (κ1) is 20.4. The van der Waals surface area contributed by atoms with Gasteiger partial charge in [0.25, 0.3) is 5.91 Å². The summed E-state index contributed by atoms with van der Waals surface area (Å²) < 4.78 is 0. The number of hydrogen-bond donors (Lipinski definition) is 1. The fourth-order valence-corrected chi connectivity index (χ4v) is 4.47. The van der Waals surface area contributed by atoms with Crippen molar-refractivity contribution in [2.45, 2.75) is 31.8 Å². The summed E-state index contributed by atoms with van der Waals surface area (Å²) in [6.07, 6.45) is 1.59. The number of amides is 3. The number of hydrogen-bond acceptors (Lipinski definition) is 3. The van der Waals surface area contributed by atoms with E-state index in [1.54, 1.807) is 34.1 Å². The van der Waals surface area contributed by atoms with Crippen LogP contribution in [0.5, 0.6) is 0 Å². The summed E-state index contributed by atoms with van der Waals surface area (Å²) in [4.78, 5) is 41.4. The molecular weight excluding hydrogens is 402 g/mol. The van der Waals surface area contributed by atoms with Gasteiger partial charge in [0.1, 0.15) is 6.04 Å². The quantitative estimate of drug-likeness (QED) is 0.820. The molecule has 156 valence electrons. The molecule has 6 nitrogen and oxygen atoms in total. The third-order valence-corrected chi connectivity index (χ3v) is 6.33. The molecule has 0 spiro atoms. The van der Waals surface area contributed by atoms with Gasteiger partial charge in [-0.1, -0.05) is 35.9 Å². The normalized spacial score (nSPS) is 19.3. The molecule has 0 radical (unpaired) electrons. The number of fused-ring (bicyclic) bond motifs is 1. The molecule has 2 aliphatic rings. The molecule has 0 saturated carbocycles. The van der Waals surface area contributed by atoms with Crippen LogP contribution in [0.3, 0.4) is 0 Å². The number of nitrogens with two attached hydrogens (primary N) is 1. The van der Waals surface area contributed by atoms with Gasteiger partial charge in [0.2, 0.25) is 11.8 Å². The zero-order valence-electron chi connectivity index (χ0n) is 16.6. The van der Waals surface area contributed by atoms with E-state index in [1.165, 1.54) is 0 Å². The molecule has 2 aromatic carbocycles. The molecule has 2 aromatic rings. The summed E-state index contributed by atoms with van der Waals surface area (Å²) >= 11 is 5.90. The van der Waals surface area contributed by atoms with Crippen LogP contribution in [0.15, 0.2) is 48.5 Å². The van der Waals surface area contributed by atoms with Crippen molar-refractivity contribution in [3.8, 4) is 0 Å². The van der Waals surface area contributed by atoms with E-state index in [4.69, 9.17) is 17.3 Å². The standard InChI is InChI=1S/C23H24ClN3O3/c24-19-7-5-15(6-8-19)22(29)26-11-9-16(10-12-26)23(30)27-14-18-4-2-1-3-17(18)13-20(27)21(25)28/h1-8,16,20H,9-14H2,(H2,25,28). The average Bonchev–Trinajstić information content (AvgIpc) is 2.78. The number of piperidine rings is 1. The molecule has 30 heavy (non-hydrogen) atoms. The van der Waals surface area contributed by atoms with Gasteiger partial charge < -0.3 is 15.5 Å². The van der Waals surface area contributed by atoms with Crippen molar-refractivity contribution in [2.24, 2.45) is 11.7 Å². The third kappa shape index (κ3) is 4.05. The van der Waals surface area contributed by atoms with E-state index in [1.807, 2.05) is 24.3 Å². The number of benzene rings is 2. The maximum Gasteiger partial charge on any atom is 0.253 e. The number of carbonyl (C=O) groups excluding carboxylic acids is 3. The third-order valence-electron chi connectivity index (χ3n) is 6.08. The number of rotatable bonds is 3. The maximum absolute atomic E-state index is 13.3. The fourth-order valence-electron chi connectivity index (χ4n) is 4.35. The van der Waals surface area contributed by atoms with Crippen LogP contribution >= 0.6 is 11.6 Å². The SMILES string of the molecule is NC(=O)C1Cc2ccccc2CN1C(=O)C1CCN(C(=O)c2ccc(Cl)cc2)CC1. The van der Waals surface area contributed by atoms with E-state index in [0.717, 1.165) is 11.1 Å². The zero-order valence-corrected chi connectivity index (χ0v) is 17.3. The molecule has 0 aliphatic carbocycles. The summed E-state index contributed by atoms with van der Waals surface area (Å²) in [5, 5.41) is 0.586. The number of nitrogens with zero attached hydrogens (tertiary/aromatic N) is 2. The van der Waals surface area contributed by atoms with E-state index in [-0.39, 0.29) is 17.7 Å². The first-order valence-corrected chi connectivity index (χ1v) is 10.5. The monoisotopic (exact) mass is 425 g/mol. The van der Waals surface area contributed by atoms with E-state index < -0.39 is 11.9 Å². The van der Waals surface area contributed by atoms with Crippen LogP contribution in [0.4, 0.5) is 0 Å². The summed E-state index contributed by atoms with van der Waals surface area (Å²) in [7, 11) is 0. The van der Waals surface area contributed by atoms with Crippen LogP contribution in [0.1, 0.15) is 34.3 Å². The molecule has 1 saturated heterocycles. The highest BCUT2D eigenvalue weighted by Crippen LogP contribution is 2.28. The molecule has 7 heteroatoms. The predicted molar refractivity (Wildman–Crippen MR) is 114 cm³/mol. The lowest BCUT2D eigenvalue weighted by Crippen LogP contribution is -2.54. The van der Waals surface area contributed by atoms with Crippen molar-refractivity contribution < 1.29 is 14.4 Å². The number of halogens is 1. The van der Waals surface area contributed by atoms with Crippen LogP contribution in [-0.2, 0) is 22.6 Å². The van der Waals surface area contributed by atoms with Gasteiger partial charge in [0, 0.05) is 42.6 Å². The summed E-state index contributed by atoms with van der Waals surface area (Å²) in [6, 6.07) is 14.0. The van der Waals surface area contributed by atoms with Gasteiger partial charge in [-0.3, -0.25) is 14.4 Å². The first-order valence-electron chi connectivity index (χ1n) is 10.2. The van der Waals surface area contributed by atoms with Crippen LogP contribution in [0.2, 0.25) is 5.02 Å². The van der Waals surface area contributed by atoms with Crippen molar-refractivity contribution in [1.29, 1.82) is 0 Å². The molecule has 2 heterocycles. The van der Waals surface area contributed by atoms with Crippen molar-refractivity contribution in [1.82, 2.24) is 9.80 Å². The van der Waals surface area contributed by atoms with Crippen LogP contribution in [0.25, 0.3) is 0 Å². The molecule has 4 rings (SSSR count). The molecule has 1 unspecified atom stereocenters. The van der Waals surface area contributed by atoms with Gasteiger partial charge in [0.15, 0.2) is 0 Å². The Balaban J connectivity index is 1.43. The van der Waals surface area contributed by atoms with E-state index in [9.17, 15) is 14.4 Å². The highest BCUT2D eigenvalue weighted by atomic mass is 35.5. The fraction of sp³-hybridized carbons (Fsp3) is 0.348. The minimum Gasteiger partial charge on any atom is -0.368 e. The molecule has 1 atom stereocenters. The molecule has 0 bridgehead atoms. The highest BCUT2D eigenvalue weighted by molar-refractivity contribution is 6.30. The Bertz CT molecular complexity index is 968. The van der Waals surface area contributed by atoms with Crippen molar-refractivity contribution >= 4 is 29.3 Å². The largest absolute Gasteiger partial charge is 0.368 e. The van der Waals surface area contributed by atoms with Gasteiger partial charge >= 0.3 is 0 Å². The Morgan fingerprint density at radius 3 is 2.20 bits per heavy atom. The van der Waals surface area contributed by atoms with Gasteiger partial charge in [0.05, 0.1) is 0 Å². The molecule has 3 amide bonds. The molecular formula is C23H24ClN3O3. The first-order chi connectivity index (χ1) is 14.4. The smallest absolute Gasteiger partial charge is 0.253 e. The Hall–Kier alpha value is -2.86. The minimum atomic E-state index is -0.624. The van der Waals surface area contributed by atoms with Crippen LogP contribution in [-0.4, -0.2) is 46.7 Å². The molecule has 1 fully saturated rings. The lowest BCUT2D eigenvalue weighted by molar-refractivity contribution is -0.145. The van der Waals surface area contributed by atoms with Crippen molar-refractivity contribution in [3.63, 3.8) is 0 Å². The number of carbonyl (C=O) groups is 3. The maximum atomic E-state index is 13.3. The number of likely N-dealkylation sites (tertiary alicyclic amines) is 1. The molecule has 2 N–H and O–H groups in total. The van der Waals surface area contributed by atoms with Crippen LogP contribution in [0, 0.1) is 5.92 Å². The Morgan fingerprint density at radius 2 is 1.57 bits per heavy atom. The summed E-state index contributed by atoms with van der Waals surface area (Å²) in [5.74, 6) is -0.800.